The van der Waals surface area contributed by atoms with Crippen molar-refractivity contribution in [3.05, 3.63) is 51.6 Å². The number of hydrogen-bond acceptors (Lipinski definition) is 4. The third-order valence-electron chi connectivity index (χ3n) is 4.48. The third kappa shape index (κ3) is 5.51. The summed E-state index contributed by atoms with van der Waals surface area (Å²) in [5.74, 6) is 0. The van der Waals surface area contributed by atoms with E-state index in [1.807, 2.05) is 12.1 Å². The van der Waals surface area contributed by atoms with Crippen molar-refractivity contribution in [1.29, 1.82) is 0 Å². The van der Waals surface area contributed by atoms with Gasteiger partial charge in [-0.05, 0) is 89.5 Å². The lowest BCUT2D eigenvalue weighted by molar-refractivity contribution is -0.383. The first-order chi connectivity index (χ1) is 11.9. The van der Waals surface area contributed by atoms with E-state index < -0.39 is 0 Å². The molecule has 0 aliphatic heterocycles. The molecule has 136 valence electrons. The van der Waals surface area contributed by atoms with E-state index in [1.165, 1.54) is 11.1 Å². The summed E-state index contributed by atoms with van der Waals surface area (Å²) < 4.78 is 0. The zero-order valence-corrected chi connectivity index (χ0v) is 15.8. The molecule has 0 fully saturated rings. The number of nitrogens with zero attached hydrogens (tertiary/aromatic N) is 3. The summed E-state index contributed by atoms with van der Waals surface area (Å²) in [6.07, 6.45) is 4.11. The molecule has 0 atom stereocenters. The van der Waals surface area contributed by atoms with Gasteiger partial charge in [-0.15, -0.1) is 0 Å². The second-order valence-corrected chi connectivity index (χ2v) is 7.19. The highest BCUT2D eigenvalue weighted by Gasteiger charge is 2.14. The van der Waals surface area contributed by atoms with Gasteiger partial charge in [0.05, 0.1) is 10.3 Å². The van der Waals surface area contributed by atoms with Gasteiger partial charge in [0.1, 0.15) is 0 Å². The van der Waals surface area contributed by atoms with Gasteiger partial charge in [0, 0.05) is 6.07 Å². The SMILES string of the molecule is CN(C)CCCc1cc2cccc([N+](=O)[O-])c2cc1CCCN(C)C. The summed E-state index contributed by atoms with van der Waals surface area (Å²) in [6.45, 7) is 2.07. The molecule has 0 radical (unpaired) electrons. The number of non-ortho nitro benzene ring substituents is 1. The molecule has 0 saturated carbocycles. The number of hydrogen-bond donors (Lipinski definition) is 0. The molecule has 0 spiro atoms. The molecule has 2 aromatic rings. The van der Waals surface area contributed by atoms with Crippen LogP contribution in [-0.4, -0.2) is 56.0 Å². The number of nitro groups is 1. The van der Waals surface area contributed by atoms with Gasteiger partial charge in [-0.25, -0.2) is 0 Å². The van der Waals surface area contributed by atoms with Crippen LogP contribution in [0, 0.1) is 10.1 Å². The highest BCUT2D eigenvalue weighted by molar-refractivity contribution is 5.92. The Balaban J connectivity index is 2.35. The molecule has 2 aromatic carbocycles. The molecule has 0 saturated heterocycles. The maximum atomic E-state index is 11.4. The van der Waals surface area contributed by atoms with Crippen LogP contribution in [0.3, 0.4) is 0 Å². The molecular formula is C20H29N3O2. The quantitative estimate of drug-likeness (QED) is 0.514. The first-order valence-electron chi connectivity index (χ1n) is 8.87. The molecule has 2 rings (SSSR count). The van der Waals surface area contributed by atoms with Crippen molar-refractivity contribution >= 4 is 16.5 Å². The van der Waals surface area contributed by atoms with Crippen LogP contribution in [0.1, 0.15) is 24.0 Å². The molecule has 25 heavy (non-hydrogen) atoms. The molecule has 0 bridgehead atoms. The fourth-order valence-electron chi connectivity index (χ4n) is 3.20. The topological polar surface area (TPSA) is 49.6 Å². The van der Waals surface area contributed by atoms with Crippen molar-refractivity contribution in [2.75, 3.05) is 41.3 Å². The second kappa shape index (κ2) is 8.92. The van der Waals surface area contributed by atoms with E-state index in [2.05, 4.69) is 44.1 Å². The zero-order chi connectivity index (χ0) is 18.4. The number of nitro benzene ring substituents is 1. The minimum Gasteiger partial charge on any atom is -0.309 e. The van der Waals surface area contributed by atoms with Gasteiger partial charge in [0.15, 0.2) is 0 Å². The van der Waals surface area contributed by atoms with Crippen LogP contribution in [0.5, 0.6) is 0 Å². The van der Waals surface area contributed by atoms with E-state index in [4.69, 9.17) is 0 Å². The monoisotopic (exact) mass is 343 g/mol. The molecular weight excluding hydrogens is 314 g/mol. The summed E-state index contributed by atoms with van der Waals surface area (Å²) in [5, 5.41) is 13.1. The van der Waals surface area contributed by atoms with Gasteiger partial charge in [-0.2, -0.15) is 0 Å². The Labute approximate surface area is 150 Å². The van der Waals surface area contributed by atoms with Crippen LogP contribution in [0.15, 0.2) is 30.3 Å². The Kier molecular flexibility index (Phi) is 6.91. The standard InChI is InChI=1S/C20H29N3O2/c1-21(2)12-6-9-16-14-18-8-5-11-20(23(24)25)19(18)15-17(16)10-7-13-22(3)4/h5,8,11,14-15H,6-7,9-10,12-13H2,1-4H3. The van der Waals surface area contributed by atoms with Crippen LogP contribution in [0.25, 0.3) is 10.8 Å². The van der Waals surface area contributed by atoms with E-state index in [0.29, 0.717) is 0 Å². The Morgan fingerprint density at radius 1 is 0.920 bits per heavy atom. The normalized spacial score (nSPS) is 11.6. The van der Waals surface area contributed by atoms with Crippen molar-refractivity contribution < 1.29 is 4.92 Å². The lowest BCUT2D eigenvalue weighted by Gasteiger charge is -2.15. The highest BCUT2D eigenvalue weighted by Crippen LogP contribution is 2.29. The van der Waals surface area contributed by atoms with E-state index in [1.54, 1.807) is 12.1 Å². The summed E-state index contributed by atoms with van der Waals surface area (Å²) in [7, 11) is 8.32. The Bertz CT molecular complexity index is 726. The van der Waals surface area contributed by atoms with Gasteiger partial charge >= 0.3 is 0 Å². The highest BCUT2D eigenvalue weighted by atomic mass is 16.6. The first kappa shape index (κ1) is 19.3. The maximum Gasteiger partial charge on any atom is 0.277 e. The average molecular weight is 343 g/mol. The molecule has 0 unspecified atom stereocenters. The molecule has 0 N–H and O–H groups in total. The second-order valence-electron chi connectivity index (χ2n) is 7.19. The molecule has 0 aliphatic rings. The largest absolute Gasteiger partial charge is 0.309 e. The van der Waals surface area contributed by atoms with Gasteiger partial charge < -0.3 is 9.80 Å². The van der Waals surface area contributed by atoms with Gasteiger partial charge in [-0.1, -0.05) is 18.2 Å². The van der Waals surface area contributed by atoms with E-state index >= 15 is 0 Å². The van der Waals surface area contributed by atoms with Crippen LogP contribution >= 0.6 is 0 Å². The number of fused-ring (bicyclic) bond motifs is 1. The first-order valence-corrected chi connectivity index (χ1v) is 8.87. The number of benzene rings is 2. The van der Waals surface area contributed by atoms with E-state index in [9.17, 15) is 10.1 Å². The lowest BCUT2D eigenvalue weighted by Crippen LogP contribution is -2.15. The molecule has 5 heteroatoms. The van der Waals surface area contributed by atoms with Crippen molar-refractivity contribution in [2.24, 2.45) is 0 Å². The molecule has 5 nitrogen and oxygen atoms in total. The van der Waals surface area contributed by atoms with Crippen LogP contribution in [0.2, 0.25) is 0 Å². The molecule has 0 aliphatic carbocycles. The summed E-state index contributed by atoms with van der Waals surface area (Å²) >= 11 is 0. The Morgan fingerprint density at radius 3 is 2.00 bits per heavy atom. The van der Waals surface area contributed by atoms with Gasteiger partial charge in [0.25, 0.3) is 5.69 Å². The minimum absolute atomic E-state index is 0.200. The predicted molar refractivity (Wildman–Crippen MR) is 104 cm³/mol. The van der Waals surface area contributed by atoms with Crippen molar-refractivity contribution in [3.63, 3.8) is 0 Å². The lowest BCUT2D eigenvalue weighted by atomic mass is 9.94. The molecule has 0 heterocycles. The third-order valence-corrected chi connectivity index (χ3v) is 4.48. The van der Waals surface area contributed by atoms with Crippen molar-refractivity contribution in [1.82, 2.24) is 9.80 Å². The summed E-state index contributed by atoms with van der Waals surface area (Å²) in [6, 6.07) is 9.55. The van der Waals surface area contributed by atoms with Crippen molar-refractivity contribution in [2.45, 2.75) is 25.7 Å². The van der Waals surface area contributed by atoms with E-state index in [-0.39, 0.29) is 10.6 Å². The van der Waals surface area contributed by atoms with Crippen molar-refractivity contribution in [3.8, 4) is 0 Å². The minimum atomic E-state index is -0.280. The molecule has 0 amide bonds. The Morgan fingerprint density at radius 2 is 1.48 bits per heavy atom. The van der Waals surface area contributed by atoms with Gasteiger partial charge in [0.2, 0.25) is 0 Å². The summed E-state index contributed by atoms with van der Waals surface area (Å²) in [5.41, 5.74) is 2.78. The average Bonchev–Trinajstić information content (AvgIpc) is 2.53. The molecule has 0 aromatic heterocycles. The smallest absolute Gasteiger partial charge is 0.277 e. The fraction of sp³-hybridized carbons (Fsp3) is 0.500. The maximum absolute atomic E-state index is 11.4. The number of rotatable bonds is 9. The van der Waals surface area contributed by atoms with Crippen LogP contribution in [0.4, 0.5) is 5.69 Å². The van der Waals surface area contributed by atoms with Crippen LogP contribution in [-0.2, 0) is 12.8 Å². The Hall–Kier alpha value is -1.98. The summed E-state index contributed by atoms with van der Waals surface area (Å²) in [4.78, 5) is 15.4. The number of aryl methyl sites for hydroxylation is 2. The predicted octanol–water partition coefficient (Wildman–Crippen LogP) is 3.74. The van der Waals surface area contributed by atoms with E-state index in [0.717, 1.165) is 49.5 Å². The van der Waals surface area contributed by atoms with Crippen LogP contribution < -0.4 is 0 Å². The fourth-order valence-corrected chi connectivity index (χ4v) is 3.20. The van der Waals surface area contributed by atoms with Gasteiger partial charge in [-0.3, -0.25) is 10.1 Å². The zero-order valence-electron chi connectivity index (χ0n) is 15.8.